The van der Waals surface area contributed by atoms with Gasteiger partial charge in [-0.15, -0.1) is 0 Å². The normalized spacial score (nSPS) is 10.6. The van der Waals surface area contributed by atoms with Crippen molar-refractivity contribution in [2.24, 2.45) is 0 Å². The molecule has 0 spiro atoms. The number of nitrogens with zero attached hydrogens (tertiary/aromatic N) is 1. The third-order valence-corrected chi connectivity index (χ3v) is 2.92. The Morgan fingerprint density at radius 2 is 1.53 bits per heavy atom. The molecular formula is C16H20NO2+. The van der Waals surface area contributed by atoms with Gasteiger partial charge in [0, 0.05) is 19.2 Å². The molecule has 1 aromatic carbocycles. The zero-order chi connectivity index (χ0) is 13.3. The van der Waals surface area contributed by atoms with Crippen LogP contribution in [0.25, 0.3) is 11.1 Å². The summed E-state index contributed by atoms with van der Waals surface area (Å²) in [6.45, 7) is 2.87. The van der Waals surface area contributed by atoms with Gasteiger partial charge in [0.2, 0.25) is 0 Å². The number of methoxy groups -OCH3 is 1. The van der Waals surface area contributed by atoms with Crippen LogP contribution in [-0.4, -0.2) is 26.9 Å². The van der Waals surface area contributed by atoms with Gasteiger partial charge in [0.15, 0.2) is 18.9 Å². The molecule has 0 saturated heterocycles. The number of rotatable bonds is 7. The lowest BCUT2D eigenvalue weighted by molar-refractivity contribution is -0.698. The molecule has 0 unspecified atom stereocenters. The molecule has 0 amide bonds. The fourth-order valence-electron chi connectivity index (χ4n) is 1.84. The molecule has 0 radical (unpaired) electrons. The minimum Gasteiger partial charge on any atom is -0.382 e. The molecule has 1 heterocycles. The lowest BCUT2D eigenvalue weighted by atomic mass is 10.1. The van der Waals surface area contributed by atoms with Gasteiger partial charge in [0.25, 0.3) is 0 Å². The van der Waals surface area contributed by atoms with Crippen molar-refractivity contribution < 1.29 is 14.0 Å². The van der Waals surface area contributed by atoms with Gasteiger partial charge in [-0.3, -0.25) is 0 Å². The van der Waals surface area contributed by atoms with E-state index in [-0.39, 0.29) is 0 Å². The van der Waals surface area contributed by atoms with Crippen molar-refractivity contribution in [3.63, 3.8) is 0 Å². The zero-order valence-electron chi connectivity index (χ0n) is 11.3. The Balaban J connectivity index is 1.85. The predicted octanol–water partition coefficient (Wildman–Crippen LogP) is 2.30. The first-order valence-corrected chi connectivity index (χ1v) is 6.51. The van der Waals surface area contributed by atoms with Crippen molar-refractivity contribution in [1.82, 2.24) is 0 Å². The van der Waals surface area contributed by atoms with Crippen LogP contribution in [0.1, 0.15) is 0 Å². The van der Waals surface area contributed by atoms with E-state index < -0.39 is 0 Å². The lowest BCUT2D eigenvalue weighted by Crippen LogP contribution is -2.35. The van der Waals surface area contributed by atoms with Crippen LogP contribution in [-0.2, 0) is 16.0 Å². The smallest absolute Gasteiger partial charge is 0.171 e. The molecule has 3 nitrogen and oxygen atoms in total. The molecule has 2 aromatic rings. The largest absolute Gasteiger partial charge is 0.382 e. The summed E-state index contributed by atoms with van der Waals surface area (Å²) in [5.74, 6) is 0. The maximum Gasteiger partial charge on any atom is 0.171 e. The van der Waals surface area contributed by atoms with Crippen LogP contribution in [0.4, 0.5) is 0 Å². The standard InChI is InChI=1S/C16H20NO2/c1-18-13-14-19-12-11-17-9-7-16(8-10-17)15-5-3-2-4-6-15/h2-10H,11-14H2,1H3/q+1. The number of pyridine rings is 1. The topological polar surface area (TPSA) is 22.3 Å². The average Bonchev–Trinajstić information content (AvgIpc) is 2.49. The fraction of sp³-hybridized carbons (Fsp3) is 0.312. The molecule has 0 N–H and O–H groups in total. The molecule has 1 aromatic heterocycles. The first-order chi connectivity index (χ1) is 9.40. The molecule has 0 aliphatic carbocycles. The number of aromatic nitrogens is 1. The quantitative estimate of drug-likeness (QED) is 0.561. The van der Waals surface area contributed by atoms with E-state index in [9.17, 15) is 0 Å². The molecule has 19 heavy (non-hydrogen) atoms. The lowest BCUT2D eigenvalue weighted by Gasteiger charge is -2.02. The monoisotopic (exact) mass is 258 g/mol. The molecule has 0 atom stereocenters. The van der Waals surface area contributed by atoms with E-state index in [1.165, 1.54) is 11.1 Å². The van der Waals surface area contributed by atoms with Crippen LogP contribution in [0.2, 0.25) is 0 Å². The van der Waals surface area contributed by atoms with Gasteiger partial charge >= 0.3 is 0 Å². The highest BCUT2D eigenvalue weighted by molar-refractivity contribution is 5.61. The molecule has 2 rings (SSSR count). The van der Waals surface area contributed by atoms with Gasteiger partial charge < -0.3 is 9.47 Å². The molecular weight excluding hydrogens is 238 g/mol. The second-order valence-corrected chi connectivity index (χ2v) is 4.30. The summed E-state index contributed by atoms with van der Waals surface area (Å²) in [4.78, 5) is 0. The predicted molar refractivity (Wildman–Crippen MR) is 74.8 cm³/mol. The molecule has 0 aliphatic rings. The third kappa shape index (κ3) is 4.47. The highest BCUT2D eigenvalue weighted by Gasteiger charge is 2.02. The molecule has 0 fully saturated rings. The first-order valence-electron chi connectivity index (χ1n) is 6.51. The Labute approximate surface area is 114 Å². The van der Waals surface area contributed by atoms with Crippen molar-refractivity contribution in [1.29, 1.82) is 0 Å². The highest BCUT2D eigenvalue weighted by Crippen LogP contribution is 2.16. The minimum absolute atomic E-state index is 0.650. The summed E-state index contributed by atoms with van der Waals surface area (Å²) in [5.41, 5.74) is 2.48. The van der Waals surface area contributed by atoms with Gasteiger partial charge in [-0.25, -0.2) is 4.57 Å². The zero-order valence-corrected chi connectivity index (χ0v) is 11.3. The van der Waals surface area contributed by atoms with E-state index in [2.05, 4.69) is 53.4 Å². The van der Waals surface area contributed by atoms with Gasteiger partial charge in [-0.2, -0.15) is 0 Å². The summed E-state index contributed by atoms with van der Waals surface area (Å²) in [6, 6.07) is 14.6. The molecule has 0 saturated carbocycles. The van der Waals surface area contributed by atoms with Crippen LogP contribution in [0.15, 0.2) is 54.9 Å². The van der Waals surface area contributed by atoms with E-state index in [0.29, 0.717) is 19.8 Å². The Hall–Kier alpha value is -1.71. The highest BCUT2D eigenvalue weighted by atomic mass is 16.5. The molecule has 100 valence electrons. The summed E-state index contributed by atoms with van der Waals surface area (Å²) in [6.07, 6.45) is 4.17. The average molecular weight is 258 g/mol. The van der Waals surface area contributed by atoms with Crippen molar-refractivity contribution in [2.45, 2.75) is 6.54 Å². The van der Waals surface area contributed by atoms with Gasteiger partial charge in [-0.05, 0) is 11.1 Å². The van der Waals surface area contributed by atoms with E-state index in [1.807, 2.05) is 6.07 Å². The van der Waals surface area contributed by atoms with Crippen molar-refractivity contribution in [3.8, 4) is 11.1 Å². The number of ether oxygens (including phenoxy) is 2. The maximum absolute atomic E-state index is 5.45. The molecule has 0 bridgehead atoms. The second kappa shape index (κ2) is 7.67. The Morgan fingerprint density at radius 1 is 0.842 bits per heavy atom. The summed E-state index contributed by atoms with van der Waals surface area (Å²) < 4.78 is 12.5. The van der Waals surface area contributed by atoms with Gasteiger partial charge in [0.05, 0.1) is 13.2 Å². The van der Waals surface area contributed by atoms with Crippen LogP contribution in [0.3, 0.4) is 0 Å². The van der Waals surface area contributed by atoms with Crippen molar-refractivity contribution >= 4 is 0 Å². The van der Waals surface area contributed by atoms with E-state index >= 15 is 0 Å². The summed E-state index contributed by atoms with van der Waals surface area (Å²) >= 11 is 0. The fourth-order valence-corrected chi connectivity index (χ4v) is 1.84. The summed E-state index contributed by atoms with van der Waals surface area (Å²) in [7, 11) is 1.68. The van der Waals surface area contributed by atoms with E-state index in [0.717, 1.165) is 6.54 Å². The summed E-state index contributed by atoms with van der Waals surface area (Å²) in [5, 5.41) is 0. The maximum atomic E-state index is 5.45. The van der Waals surface area contributed by atoms with Gasteiger partial charge in [0.1, 0.15) is 6.61 Å². The van der Waals surface area contributed by atoms with Gasteiger partial charge in [-0.1, -0.05) is 30.3 Å². The SMILES string of the molecule is COCCOCC[n+]1ccc(-c2ccccc2)cc1. The third-order valence-electron chi connectivity index (χ3n) is 2.92. The van der Waals surface area contributed by atoms with E-state index in [4.69, 9.17) is 9.47 Å². The van der Waals surface area contributed by atoms with Crippen LogP contribution in [0.5, 0.6) is 0 Å². The Kier molecular flexibility index (Phi) is 5.53. The van der Waals surface area contributed by atoms with Crippen molar-refractivity contribution in [2.75, 3.05) is 26.9 Å². The number of benzene rings is 1. The van der Waals surface area contributed by atoms with Crippen LogP contribution in [0, 0.1) is 0 Å². The Morgan fingerprint density at radius 3 is 2.21 bits per heavy atom. The second-order valence-electron chi connectivity index (χ2n) is 4.30. The Bertz CT molecular complexity index is 468. The van der Waals surface area contributed by atoms with Crippen LogP contribution >= 0.6 is 0 Å². The first kappa shape index (κ1) is 13.7. The molecule has 3 heteroatoms. The minimum atomic E-state index is 0.650. The van der Waals surface area contributed by atoms with Crippen molar-refractivity contribution in [3.05, 3.63) is 54.9 Å². The molecule has 0 aliphatic heterocycles. The van der Waals surface area contributed by atoms with Crippen LogP contribution < -0.4 is 4.57 Å². The number of hydrogen-bond donors (Lipinski definition) is 0. The number of hydrogen-bond acceptors (Lipinski definition) is 2. The van der Waals surface area contributed by atoms with E-state index in [1.54, 1.807) is 7.11 Å².